The molecule has 26 heavy (non-hydrogen) atoms. The van der Waals surface area contributed by atoms with Crippen molar-refractivity contribution in [1.82, 2.24) is 4.90 Å². The molecule has 0 saturated carbocycles. The minimum absolute atomic E-state index is 0.0396. The highest BCUT2D eigenvalue weighted by molar-refractivity contribution is 14.1. The van der Waals surface area contributed by atoms with Crippen molar-refractivity contribution in [2.24, 2.45) is 0 Å². The van der Waals surface area contributed by atoms with Crippen LogP contribution >= 0.6 is 38.5 Å². The molecule has 2 rings (SSSR count). The van der Waals surface area contributed by atoms with E-state index in [1.807, 2.05) is 6.07 Å². The van der Waals surface area contributed by atoms with Gasteiger partial charge in [-0.2, -0.15) is 5.26 Å². The van der Waals surface area contributed by atoms with Crippen LogP contribution in [0, 0.1) is 20.7 Å². The Morgan fingerprint density at radius 3 is 2.65 bits per heavy atom. The molecule has 0 fully saturated rings. The molecular formula is C19H15BrFIN2O2. The summed E-state index contributed by atoms with van der Waals surface area (Å²) in [5, 5.41) is 9.20. The second-order valence-electron chi connectivity index (χ2n) is 5.56. The van der Waals surface area contributed by atoms with Crippen LogP contribution in [-0.2, 0) is 11.4 Å². The van der Waals surface area contributed by atoms with Crippen molar-refractivity contribution < 1.29 is 13.9 Å². The molecule has 0 spiro atoms. The predicted octanol–water partition coefficient (Wildman–Crippen LogP) is 4.77. The topological polar surface area (TPSA) is 53.3 Å². The number of likely N-dealkylation sites (N-methyl/N-ethyl adjacent to an activating group) is 1. The van der Waals surface area contributed by atoms with Crippen LogP contribution in [0.15, 0.2) is 46.4 Å². The molecule has 0 aliphatic carbocycles. The number of benzene rings is 2. The van der Waals surface area contributed by atoms with E-state index in [0.717, 1.165) is 3.57 Å². The predicted molar refractivity (Wildman–Crippen MR) is 110 cm³/mol. The fourth-order valence-electron chi connectivity index (χ4n) is 2.12. The number of nitriles is 1. The Labute approximate surface area is 173 Å². The maximum absolute atomic E-state index is 13.7. The molecule has 0 aliphatic heterocycles. The summed E-state index contributed by atoms with van der Waals surface area (Å²) in [5.74, 6) is -0.110. The zero-order chi connectivity index (χ0) is 19.3. The molecule has 0 radical (unpaired) electrons. The molecule has 0 unspecified atom stereocenters. The summed E-state index contributed by atoms with van der Waals surface area (Å²) >= 11 is 5.53. The second-order valence-corrected chi connectivity index (χ2v) is 7.58. The van der Waals surface area contributed by atoms with Gasteiger partial charge in [0.1, 0.15) is 29.8 Å². The molecule has 4 nitrogen and oxygen atoms in total. The van der Waals surface area contributed by atoms with Crippen molar-refractivity contribution >= 4 is 50.5 Å². The Hall–Kier alpha value is -1.92. The van der Waals surface area contributed by atoms with Crippen LogP contribution in [0.3, 0.4) is 0 Å². The third kappa shape index (κ3) is 5.05. The van der Waals surface area contributed by atoms with Gasteiger partial charge < -0.3 is 9.64 Å². The van der Waals surface area contributed by atoms with Crippen molar-refractivity contribution in [3.05, 3.63) is 67.0 Å². The van der Waals surface area contributed by atoms with Gasteiger partial charge in [0.05, 0.1) is 8.04 Å². The molecule has 0 aliphatic rings. The molecular weight excluding hydrogens is 514 g/mol. The Morgan fingerprint density at radius 2 is 2.08 bits per heavy atom. The van der Waals surface area contributed by atoms with Gasteiger partial charge in [-0.1, -0.05) is 18.2 Å². The Morgan fingerprint density at radius 1 is 1.38 bits per heavy atom. The first kappa shape index (κ1) is 20.4. The average molecular weight is 529 g/mol. The molecule has 2 aromatic carbocycles. The summed E-state index contributed by atoms with van der Waals surface area (Å²) < 4.78 is 20.9. The number of amides is 1. The van der Waals surface area contributed by atoms with Gasteiger partial charge in [-0.05, 0) is 68.4 Å². The van der Waals surface area contributed by atoms with E-state index in [0.29, 0.717) is 21.3 Å². The number of hydrogen-bond acceptors (Lipinski definition) is 3. The summed E-state index contributed by atoms with van der Waals surface area (Å²) in [4.78, 5) is 13.3. The molecule has 7 heteroatoms. The molecule has 0 saturated heterocycles. The molecule has 134 valence electrons. The lowest BCUT2D eigenvalue weighted by atomic mass is 10.1. The van der Waals surface area contributed by atoms with Crippen LogP contribution in [-0.4, -0.2) is 24.9 Å². The van der Waals surface area contributed by atoms with Crippen LogP contribution < -0.4 is 4.74 Å². The van der Waals surface area contributed by atoms with Gasteiger partial charge in [-0.15, -0.1) is 0 Å². The van der Waals surface area contributed by atoms with Gasteiger partial charge in [-0.25, -0.2) is 4.39 Å². The monoisotopic (exact) mass is 528 g/mol. The fraction of sp³-hybridized carbons (Fsp3) is 0.158. The minimum atomic E-state index is -0.362. The SMILES string of the molecule is CN(C)C(=O)/C(C#N)=C\c1cc(Br)c(OCc2ccccc2F)c(I)c1. The van der Waals surface area contributed by atoms with Gasteiger partial charge in [0.25, 0.3) is 5.91 Å². The number of carbonyl (C=O) groups is 1. The maximum atomic E-state index is 13.7. The number of rotatable bonds is 5. The van der Waals surface area contributed by atoms with Crippen molar-refractivity contribution in [2.75, 3.05) is 14.1 Å². The number of hydrogen-bond donors (Lipinski definition) is 0. The minimum Gasteiger partial charge on any atom is -0.486 e. The van der Waals surface area contributed by atoms with E-state index in [2.05, 4.69) is 38.5 Å². The lowest BCUT2D eigenvalue weighted by molar-refractivity contribution is -0.124. The van der Waals surface area contributed by atoms with Crippen molar-refractivity contribution in [1.29, 1.82) is 5.26 Å². The first-order valence-corrected chi connectivity index (χ1v) is 9.39. The lowest BCUT2D eigenvalue weighted by Gasteiger charge is -2.12. The summed E-state index contributed by atoms with van der Waals surface area (Å²) in [5.41, 5.74) is 1.19. The van der Waals surface area contributed by atoms with E-state index in [1.54, 1.807) is 44.4 Å². The lowest BCUT2D eigenvalue weighted by Crippen LogP contribution is -2.22. The van der Waals surface area contributed by atoms with Crippen molar-refractivity contribution in [3.63, 3.8) is 0 Å². The van der Waals surface area contributed by atoms with Gasteiger partial charge >= 0.3 is 0 Å². The Kier molecular flexibility index (Phi) is 7.17. The highest BCUT2D eigenvalue weighted by atomic mass is 127. The Bertz CT molecular complexity index is 884. The summed E-state index contributed by atoms with van der Waals surface area (Å²) in [6, 6.07) is 11.9. The Balaban J connectivity index is 2.27. The van der Waals surface area contributed by atoms with Gasteiger partial charge in [0.2, 0.25) is 0 Å². The van der Waals surface area contributed by atoms with Gasteiger partial charge in [0.15, 0.2) is 0 Å². The first-order valence-electron chi connectivity index (χ1n) is 7.52. The smallest absolute Gasteiger partial charge is 0.264 e. The van der Waals surface area contributed by atoms with E-state index in [1.165, 1.54) is 17.0 Å². The molecule has 0 aromatic heterocycles. The number of nitrogens with zero attached hydrogens (tertiary/aromatic N) is 2. The van der Waals surface area contributed by atoms with Gasteiger partial charge in [-0.3, -0.25) is 4.79 Å². The largest absolute Gasteiger partial charge is 0.486 e. The maximum Gasteiger partial charge on any atom is 0.264 e. The number of carbonyl (C=O) groups excluding carboxylic acids is 1. The van der Waals surface area contributed by atoms with E-state index >= 15 is 0 Å². The molecule has 0 bridgehead atoms. The third-order valence-electron chi connectivity index (χ3n) is 3.42. The highest BCUT2D eigenvalue weighted by Crippen LogP contribution is 2.33. The van der Waals surface area contributed by atoms with Crippen molar-refractivity contribution in [3.8, 4) is 11.8 Å². The van der Waals surface area contributed by atoms with Crippen LogP contribution in [0.2, 0.25) is 0 Å². The summed E-state index contributed by atoms with van der Waals surface area (Å²) in [6.45, 7) is 0.0963. The summed E-state index contributed by atoms with van der Waals surface area (Å²) in [7, 11) is 3.18. The van der Waals surface area contributed by atoms with E-state index in [9.17, 15) is 14.4 Å². The van der Waals surface area contributed by atoms with E-state index in [-0.39, 0.29) is 23.9 Å². The molecule has 0 atom stereocenters. The molecule has 0 heterocycles. The number of ether oxygens (including phenoxy) is 1. The number of halogens is 3. The normalized spacial score (nSPS) is 11.0. The quantitative estimate of drug-likeness (QED) is 0.319. The fourth-order valence-corrected chi connectivity index (χ4v) is 3.88. The molecule has 0 N–H and O–H groups in total. The highest BCUT2D eigenvalue weighted by Gasteiger charge is 2.14. The van der Waals surface area contributed by atoms with Crippen molar-refractivity contribution in [2.45, 2.75) is 6.61 Å². The zero-order valence-corrected chi connectivity index (χ0v) is 17.8. The first-order chi connectivity index (χ1) is 12.3. The third-order valence-corrected chi connectivity index (χ3v) is 4.81. The van der Waals surface area contributed by atoms with E-state index < -0.39 is 0 Å². The van der Waals surface area contributed by atoms with E-state index in [4.69, 9.17) is 4.74 Å². The van der Waals surface area contributed by atoms with Crippen LogP contribution in [0.1, 0.15) is 11.1 Å². The summed E-state index contributed by atoms with van der Waals surface area (Å²) in [6.07, 6.45) is 1.52. The molecule has 1 amide bonds. The molecule has 2 aromatic rings. The second kappa shape index (κ2) is 9.14. The average Bonchev–Trinajstić information content (AvgIpc) is 2.59. The van der Waals surface area contributed by atoms with Crippen LogP contribution in [0.4, 0.5) is 4.39 Å². The zero-order valence-electron chi connectivity index (χ0n) is 14.1. The standard InChI is InChI=1S/C19H15BrFIN2O2/c1-24(2)19(25)14(10-23)7-12-8-15(20)18(17(22)9-12)26-11-13-5-3-4-6-16(13)21/h3-9H,11H2,1-2H3/b14-7-. The van der Waals surface area contributed by atoms with Crippen LogP contribution in [0.5, 0.6) is 5.75 Å². The van der Waals surface area contributed by atoms with Crippen LogP contribution in [0.25, 0.3) is 6.08 Å². The van der Waals surface area contributed by atoms with Gasteiger partial charge in [0, 0.05) is 19.7 Å².